The van der Waals surface area contributed by atoms with Crippen molar-refractivity contribution in [3.63, 3.8) is 0 Å². The van der Waals surface area contributed by atoms with Crippen LogP contribution in [0.2, 0.25) is 0 Å². The maximum absolute atomic E-state index is 5.60. The van der Waals surface area contributed by atoms with Crippen LogP contribution in [-0.4, -0.2) is 30.6 Å². The first-order valence-corrected chi connectivity index (χ1v) is 8.81. The van der Waals surface area contributed by atoms with Crippen LogP contribution in [0.4, 0.5) is 5.69 Å². The monoisotopic (exact) mass is 371 g/mol. The lowest BCUT2D eigenvalue weighted by atomic mass is 10.1. The molecule has 0 atom stereocenters. The average molecular weight is 371 g/mol. The van der Waals surface area contributed by atoms with E-state index >= 15 is 0 Å². The van der Waals surface area contributed by atoms with E-state index in [0.717, 1.165) is 34.2 Å². The van der Waals surface area contributed by atoms with Crippen molar-refractivity contribution in [1.29, 1.82) is 0 Å². The first kappa shape index (κ1) is 18.0. The summed E-state index contributed by atoms with van der Waals surface area (Å²) in [5, 5.41) is 7.82. The van der Waals surface area contributed by atoms with Crippen LogP contribution in [0.1, 0.15) is 19.4 Å². The number of nitrogens with one attached hydrogen (secondary N) is 2. The summed E-state index contributed by atoms with van der Waals surface area (Å²) in [6.07, 6.45) is 0. The Morgan fingerprint density at radius 3 is 2.73 bits per heavy atom. The molecule has 0 fully saturated rings. The van der Waals surface area contributed by atoms with Crippen LogP contribution in [0.3, 0.4) is 0 Å². The van der Waals surface area contributed by atoms with E-state index in [1.54, 1.807) is 0 Å². The second-order valence-corrected chi connectivity index (χ2v) is 5.96. The van der Waals surface area contributed by atoms with Crippen LogP contribution in [0.5, 0.6) is 17.2 Å². The lowest BCUT2D eigenvalue weighted by Crippen LogP contribution is -2.25. The van der Waals surface area contributed by atoms with Crippen molar-refractivity contribution >= 4 is 28.7 Å². The lowest BCUT2D eigenvalue weighted by molar-refractivity contribution is 0.171. The zero-order valence-corrected chi connectivity index (χ0v) is 15.6. The number of thiocarbonyl (C=S) groups is 1. The van der Waals surface area contributed by atoms with Crippen molar-refractivity contribution < 1.29 is 14.2 Å². The Morgan fingerprint density at radius 2 is 1.92 bits per heavy atom. The summed E-state index contributed by atoms with van der Waals surface area (Å²) in [6, 6.07) is 13.4. The van der Waals surface area contributed by atoms with E-state index < -0.39 is 0 Å². The molecular formula is C19H21N3O3S. The molecule has 0 saturated heterocycles. The van der Waals surface area contributed by atoms with E-state index in [9.17, 15) is 0 Å². The number of anilines is 1. The molecule has 2 aromatic carbocycles. The van der Waals surface area contributed by atoms with Crippen molar-refractivity contribution in [3.8, 4) is 17.2 Å². The molecule has 2 N–H and O–H groups in total. The van der Waals surface area contributed by atoms with Gasteiger partial charge in [0.15, 0.2) is 16.6 Å². The first-order chi connectivity index (χ1) is 12.7. The topological polar surface area (TPSA) is 64.1 Å². The fourth-order valence-electron chi connectivity index (χ4n) is 2.47. The molecule has 0 aliphatic carbocycles. The average Bonchev–Trinajstić information content (AvgIpc) is 2.67. The number of fused-ring (bicyclic) bond motifs is 1. The van der Waals surface area contributed by atoms with Gasteiger partial charge in [-0.1, -0.05) is 12.1 Å². The Kier molecular flexibility index (Phi) is 5.91. The molecule has 0 amide bonds. The molecule has 2 aromatic rings. The quantitative estimate of drug-likeness (QED) is 0.476. The number of hydrogen-bond acceptors (Lipinski definition) is 5. The molecule has 7 heteroatoms. The molecule has 6 nitrogen and oxygen atoms in total. The molecule has 0 radical (unpaired) electrons. The lowest BCUT2D eigenvalue weighted by Gasteiger charge is -2.18. The number of ether oxygens (including phenoxy) is 3. The molecule has 0 unspecified atom stereocenters. The molecular weight excluding hydrogens is 350 g/mol. The Bertz CT molecular complexity index is 823. The molecule has 0 aromatic heterocycles. The first-order valence-electron chi connectivity index (χ1n) is 8.40. The minimum Gasteiger partial charge on any atom is -0.492 e. The van der Waals surface area contributed by atoms with E-state index in [-0.39, 0.29) is 0 Å². The van der Waals surface area contributed by atoms with Gasteiger partial charge in [-0.3, -0.25) is 5.43 Å². The largest absolute Gasteiger partial charge is 0.492 e. The number of hydrazone groups is 1. The van der Waals surface area contributed by atoms with E-state index in [0.29, 0.717) is 24.9 Å². The molecule has 1 aliphatic rings. The van der Waals surface area contributed by atoms with Gasteiger partial charge in [0.1, 0.15) is 19.0 Å². The van der Waals surface area contributed by atoms with Gasteiger partial charge in [0.05, 0.1) is 18.0 Å². The van der Waals surface area contributed by atoms with Crippen LogP contribution in [-0.2, 0) is 0 Å². The van der Waals surface area contributed by atoms with Gasteiger partial charge in [0, 0.05) is 5.56 Å². The Labute approximate surface area is 158 Å². The highest BCUT2D eigenvalue weighted by Crippen LogP contribution is 2.30. The van der Waals surface area contributed by atoms with E-state index in [1.165, 1.54) is 0 Å². The van der Waals surface area contributed by atoms with Gasteiger partial charge in [0.25, 0.3) is 0 Å². The predicted molar refractivity (Wildman–Crippen MR) is 107 cm³/mol. The van der Waals surface area contributed by atoms with Crippen molar-refractivity contribution in [1.82, 2.24) is 5.43 Å². The number of benzene rings is 2. The van der Waals surface area contributed by atoms with Crippen LogP contribution < -0.4 is 25.0 Å². The van der Waals surface area contributed by atoms with Gasteiger partial charge >= 0.3 is 0 Å². The normalized spacial score (nSPS) is 13.1. The van der Waals surface area contributed by atoms with Crippen molar-refractivity contribution in [3.05, 3.63) is 48.0 Å². The smallest absolute Gasteiger partial charge is 0.191 e. The summed E-state index contributed by atoms with van der Waals surface area (Å²) in [5.41, 5.74) is 5.36. The summed E-state index contributed by atoms with van der Waals surface area (Å²) in [7, 11) is 0. The minimum atomic E-state index is 0.383. The third-order valence-electron chi connectivity index (χ3n) is 3.72. The number of rotatable bonds is 5. The molecule has 26 heavy (non-hydrogen) atoms. The van der Waals surface area contributed by atoms with Gasteiger partial charge in [0.2, 0.25) is 0 Å². The molecule has 136 valence electrons. The Hall–Kier alpha value is -2.80. The Balaban J connectivity index is 1.64. The van der Waals surface area contributed by atoms with E-state index in [4.69, 9.17) is 26.4 Å². The predicted octanol–water partition coefficient (Wildman–Crippen LogP) is 3.57. The van der Waals surface area contributed by atoms with Crippen molar-refractivity contribution in [2.24, 2.45) is 5.10 Å². The maximum Gasteiger partial charge on any atom is 0.191 e. The van der Waals surface area contributed by atoms with Crippen LogP contribution >= 0.6 is 12.2 Å². The number of nitrogens with zero attached hydrogens (tertiary/aromatic N) is 1. The van der Waals surface area contributed by atoms with Gasteiger partial charge in [-0.05, 0) is 56.4 Å². The highest BCUT2D eigenvalue weighted by atomic mass is 32.1. The summed E-state index contributed by atoms with van der Waals surface area (Å²) in [6.45, 7) is 5.55. The Morgan fingerprint density at radius 1 is 1.15 bits per heavy atom. The van der Waals surface area contributed by atoms with Gasteiger partial charge in [-0.15, -0.1) is 0 Å². The van der Waals surface area contributed by atoms with E-state index in [1.807, 2.05) is 56.3 Å². The van der Waals surface area contributed by atoms with Gasteiger partial charge in [-0.25, -0.2) is 0 Å². The summed E-state index contributed by atoms with van der Waals surface area (Å²) in [5.74, 6) is 2.23. The summed E-state index contributed by atoms with van der Waals surface area (Å²) < 4.78 is 16.7. The zero-order chi connectivity index (χ0) is 18.4. The van der Waals surface area contributed by atoms with Crippen molar-refractivity contribution in [2.75, 3.05) is 25.1 Å². The van der Waals surface area contributed by atoms with Crippen molar-refractivity contribution in [2.45, 2.75) is 13.8 Å². The molecule has 1 heterocycles. The standard InChI is InChI=1S/C19H21N3O3S/c1-3-23-16-7-5-4-6-15(16)20-19(26)22-21-13(2)14-8-9-17-18(12-14)25-11-10-24-17/h4-9,12H,3,10-11H2,1-2H3,(H2,20,22,26). The molecule has 3 rings (SSSR count). The summed E-state index contributed by atoms with van der Waals surface area (Å²) >= 11 is 5.32. The van der Waals surface area contributed by atoms with Gasteiger partial charge < -0.3 is 19.5 Å². The number of hydrogen-bond donors (Lipinski definition) is 2. The fourth-order valence-corrected chi connectivity index (χ4v) is 2.62. The van der Waals surface area contributed by atoms with Crippen LogP contribution in [0.25, 0.3) is 0 Å². The molecule has 0 spiro atoms. The summed E-state index contributed by atoms with van der Waals surface area (Å²) in [4.78, 5) is 0. The van der Waals surface area contributed by atoms with Gasteiger partial charge in [-0.2, -0.15) is 5.10 Å². The second kappa shape index (κ2) is 8.53. The highest BCUT2D eigenvalue weighted by Gasteiger charge is 2.12. The molecule has 1 aliphatic heterocycles. The van der Waals surface area contributed by atoms with Crippen LogP contribution in [0, 0.1) is 0 Å². The maximum atomic E-state index is 5.60. The minimum absolute atomic E-state index is 0.383. The second-order valence-electron chi connectivity index (χ2n) is 5.55. The zero-order valence-electron chi connectivity index (χ0n) is 14.7. The molecule has 0 bridgehead atoms. The SMILES string of the molecule is CCOc1ccccc1NC(=S)NN=C(C)c1ccc2c(c1)OCCO2. The highest BCUT2D eigenvalue weighted by molar-refractivity contribution is 7.80. The third-order valence-corrected chi connectivity index (χ3v) is 3.91. The van der Waals surface area contributed by atoms with E-state index in [2.05, 4.69) is 15.8 Å². The molecule has 0 saturated carbocycles. The number of para-hydroxylation sites is 2. The van der Waals surface area contributed by atoms with Crippen LogP contribution in [0.15, 0.2) is 47.6 Å². The third kappa shape index (κ3) is 4.43. The fraction of sp³-hybridized carbons (Fsp3) is 0.263.